The second-order valence-electron chi connectivity index (χ2n) is 5.07. The Morgan fingerprint density at radius 1 is 1.20 bits per heavy atom. The fourth-order valence-corrected chi connectivity index (χ4v) is 2.15. The number of rotatable bonds is 4. The Hall–Kier alpha value is -2.35. The van der Waals surface area contributed by atoms with Crippen molar-refractivity contribution in [3.8, 4) is 5.75 Å². The highest BCUT2D eigenvalue weighted by atomic mass is 16.3. The number of benzene rings is 2. The first-order valence-electron chi connectivity index (χ1n) is 6.60. The Balaban J connectivity index is 2.31. The van der Waals surface area contributed by atoms with Gasteiger partial charge in [0, 0.05) is 17.7 Å². The van der Waals surface area contributed by atoms with E-state index in [1.165, 1.54) is 5.56 Å². The Labute approximate surface area is 119 Å². The van der Waals surface area contributed by atoms with E-state index in [0.717, 1.165) is 22.3 Å². The molecule has 2 nitrogen and oxygen atoms in total. The van der Waals surface area contributed by atoms with Crippen LogP contribution in [0.5, 0.6) is 5.75 Å². The van der Waals surface area contributed by atoms with Crippen LogP contribution < -0.4 is 0 Å². The van der Waals surface area contributed by atoms with E-state index in [0.29, 0.717) is 12.1 Å². The van der Waals surface area contributed by atoms with E-state index in [-0.39, 0.29) is 5.75 Å². The highest BCUT2D eigenvalue weighted by Crippen LogP contribution is 2.24. The zero-order valence-corrected chi connectivity index (χ0v) is 11.9. The first-order valence-corrected chi connectivity index (χ1v) is 6.60. The first-order chi connectivity index (χ1) is 9.51. The number of phenols is 1. The molecular formula is C18H19NO. The summed E-state index contributed by atoms with van der Waals surface area (Å²) in [6.07, 6.45) is 2.25. The van der Waals surface area contributed by atoms with Crippen molar-refractivity contribution >= 4 is 11.8 Å². The molecule has 0 bridgehead atoms. The molecule has 2 aromatic rings. The van der Waals surface area contributed by atoms with Crippen LogP contribution in [0.15, 0.2) is 43.0 Å². The monoisotopic (exact) mass is 265 g/mol. The lowest BCUT2D eigenvalue weighted by molar-refractivity contribution is 0.471. The van der Waals surface area contributed by atoms with E-state index in [1.807, 2.05) is 32.0 Å². The summed E-state index contributed by atoms with van der Waals surface area (Å²) >= 11 is 0. The molecule has 0 saturated heterocycles. The summed E-state index contributed by atoms with van der Waals surface area (Å²) in [6.45, 7) is 7.64. The highest BCUT2D eigenvalue weighted by molar-refractivity contribution is 6.02. The molecule has 0 aromatic heterocycles. The van der Waals surface area contributed by atoms with Crippen molar-refractivity contribution in [3.63, 3.8) is 0 Å². The van der Waals surface area contributed by atoms with Crippen molar-refractivity contribution in [2.24, 2.45) is 0 Å². The summed E-state index contributed by atoms with van der Waals surface area (Å²) in [4.78, 5) is 0. The Bertz CT molecular complexity index is 654. The van der Waals surface area contributed by atoms with Gasteiger partial charge >= 0.3 is 0 Å². The molecule has 0 radical (unpaired) electrons. The molecule has 2 rings (SSSR count). The van der Waals surface area contributed by atoms with Gasteiger partial charge in [0.1, 0.15) is 5.75 Å². The summed E-state index contributed by atoms with van der Waals surface area (Å²) in [6, 6.07) is 11.7. The molecule has 0 aliphatic rings. The van der Waals surface area contributed by atoms with Gasteiger partial charge in [0.2, 0.25) is 0 Å². The molecule has 0 aliphatic heterocycles. The number of hydrogen-bond acceptors (Lipinski definition) is 2. The normalized spacial score (nSPS) is 10.3. The van der Waals surface area contributed by atoms with Crippen molar-refractivity contribution < 1.29 is 5.11 Å². The molecule has 0 aliphatic carbocycles. The third-order valence-electron chi connectivity index (χ3n) is 3.41. The molecule has 0 atom stereocenters. The first kappa shape index (κ1) is 14.1. The molecule has 102 valence electrons. The Kier molecular flexibility index (Phi) is 4.04. The van der Waals surface area contributed by atoms with Crippen LogP contribution >= 0.6 is 0 Å². The van der Waals surface area contributed by atoms with Gasteiger partial charge in [-0.25, -0.2) is 0 Å². The van der Waals surface area contributed by atoms with E-state index in [4.69, 9.17) is 5.41 Å². The zero-order chi connectivity index (χ0) is 14.7. The van der Waals surface area contributed by atoms with E-state index >= 15 is 0 Å². The van der Waals surface area contributed by atoms with Gasteiger partial charge in [-0.2, -0.15) is 0 Å². The molecule has 2 aromatic carbocycles. The van der Waals surface area contributed by atoms with E-state index < -0.39 is 0 Å². The third kappa shape index (κ3) is 2.97. The van der Waals surface area contributed by atoms with Crippen LogP contribution in [-0.4, -0.2) is 10.8 Å². The topological polar surface area (TPSA) is 44.1 Å². The minimum absolute atomic E-state index is 0.242. The number of aromatic hydroxyl groups is 1. The van der Waals surface area contributed by atoms with Crippen molar-refractivity contribution in [2.45, 2.75) is 20.3 Å². The molecule has 2 heteroatoms. The van der Waals surface area contributed by atoms with Gasteiger partial charge in [-0.1, -0.05) is 42.5 Å². The SMILES string of the molecule is C=Cc1cc(O)c(C)cc1C(=N)Cc1ccc(C)cc1. The molecule has 0 amide bonds. The van der Waals surface area contributed by atoms with E-state index in [2.05, 4.69) is 18.7 Å². The van der Waals surface area contributed by atoms with Gasteiger partial charge in [0.15, 0.2) is 0 Å². The van der Waals surface area contributed by atoms with Crippen molar-refractivity contribution in [2.75, 3.05) is 0 Å². The standard InChI is InChI=1S/C18H19NO/c1-4-15-11-18(20)13(3)9-16(15)17(19)10-14-7-5-12(2)6-8-14/h4-9,11,19-20H,1,10H2,2-3H3. The largest absolute Gasteiger partial charge is 0.508 e. The molecule has 0 unspecified atom stereocenters. The molecular weight excluding hydrogens is 246 g/mol. The van der Waals surface area contributed by atoms with Crippen molar-refractivity contribution in [1.29, 1.82) is 5.41 Å². The van der Waals surface area contributed by atoms with Crippen LogP contribution in [0.4, 0.5) is 0 Å². The summed E-state index contributed by atoms with van der Waals surface area (Å²) in [5.41, 5.74) is 5.26. The number of hydrogen-bond donors (Lipinski definition) is 2. The van der Waals surface area contributed by atoms with Crippen molar-refractivity contribution in [3.05, 3.63) is 70.8 Å². The molecule has 2 N–H and O–H groups in total. The average Bonchev–Trinajstić information content (AvgIpc) is 2.43. The molecule has 0 saturated carbocycles. The van der Waals surface area contributed by atoms with Crippen molar-refractivity contribution in [1.82, 2.24) is 0 Å². The summed E-state index contributed by atoms with van der Waals surface area (Å²) in [5, 5.41) is 18.0. The Morgan fingerprint density at radius 2 is 1.85 bits per heavy atom. The average molecular weight is 265 g/mol. The van der Waals surface area contributed by atoms with E-state index in [1.54, 1.807) is 12.1 Å². The van der Waals surface area contributed by atoms with Crippen LogP contribution in [0.2, 0.25) is 0 Å². The van der Waals surface area contributed by atoms with Gasteiger partial charge in [-0.3, -0.25) is 0 Å². The molecule has 0 spiro atoms. The van der Waals surface area contributed by atoms with E-state index in [9.17, 15) is 5.11 Å². The Morgan fingerprint density at radius 3 is 2.45 bits per heavy atom. The van der Waals surface area contributed by atoms with Gasteiger partial charge in [0.05, 0.1) is 0 Å². The fourth-order valence-electron chi connectivity index (χ4n) is 2.15. The lowest BCUT2D eigenvalue weighted by atomic mass is 9.95. The summed E-state index contributed by atoms with van der Waals surface area (Å²) in [7, 11) is 0. The predicted molar refractivity (Wildman–Crippen MR) is 84.6 cm³/mol. The summed E-state index contributed by atoms with van der Waals surface area (Å²) < 4.78 is 0. The lowest BCUT2D eigenvalue weighted by Gasteiger charge is -2.11. The predicted octanol–water partition coefficient (Wildman–Crippen LogP) is 4.26. The second-order valence-corrected chi connectivity index (χ2v) is 5.07. The number of aryl methyl sites for hydroxylation is 2. The molecule has 20 heavy (non-hydrogen) atoms. The van der Waals surface area contributed by atoms with Gasteiger partial charge in [0.25, 0.3) is 0 Å². The minimum atomic E-state index is 0.242. The van der Waals surface area contributed by atoms with Gasteiger partial charge in [-0.15, -0.1) is 0 Å². The molecule has 0 fully saturated rings. The highest BCUT2D eigenvalue weighted by Gasteiger charge is 2.10. The van der Waals surface area contributed by atoms with Gasteiger partial charge in [-0.05, 0) is 42.7 Å². The van der Waals surface area contributed by atoms with Crippen LogP contribution in [-0.2, 0) is 6.42 Å². The maximum absolute atomic E-state index is 9.74. The van der Waals surface area contributed by atoms with Gasteiger partial charge < -0.3 is 10.5 Å². The number of phenolic OH excluding ortho intramolecular Hbond substituents is 1. The third-order valence-corrected chi connectivity index (χ3v) is 3.41. The lowest BCUT2D eigenvalue weighted by Crippen LogP contribution is -2.06. The summed E-state index contributed by atoms with van der Waals surface area (Å²) in [5.74, 6) is 0.242. The van der Waals surface area contributed by atoms with Crippen LogP contribution in [0, 0.1) is 19.3 Å². The van der Waals surface area contributed by atoms with Crippen LogP contribution in [0.1, 0.15) is 27.8 Å². The zero-order valence-electron chi connectivity index (χ0n) is 11.9. The molecule has 0 heterocycles. The minimum Gasteiger partial charge on any atom is -0.508 e. The van der Waals surface area contributed by atoms with Crippen LogP contribution in [0.3, 0.4) is 0 Å². The quantitative estimate of drug-likeness (QED) is 0.797. The second kappa shape index (κ2) is 5.74. The fraction of sp³-hybridized carbons (Fsp3) is 0.167. The smallest absolute Gasteiger partial charge is 0.119 e. The van der Waals surface area contributed by atoms with Crippen LogP contribution in [0.25, 0.3) is 6.08 Å². The number of nitrogens with one attached hydrogen (secondary N) is 1. The maximum Gasteiger partial charge on any atom is 0.119 e. The maximum atomic E-state index is 9.74.